The molecule has 0 aliphatic carbocycles. The highest BCUT2D eigenvalue weighted by Gasteiger charge is 2.34. The molecule has 0 radical (unpaired) electrons. The van der Waals surface area contributed by atoms with E-state index in [2.05, 4.69) is 10.3 Å². The van der Waals surface area contributed by atoms with Crippen molar-refractivity contribution in [3.63, 3.8) is 0 Å². The Bertz CT molecular complexity index is 688. The number of nitrogens with zero attached hydrogens (tertiary/aromatic N) is 1. The molecule has 120 valence electrons. The third-order valence-electron chi connectivity index (χ3n) is 3.73. The van der Waals surface area contributed by atoms with Crippen molar-refractivity contribution in [3.05, 3.63) is 54.4 Å². The van der Waals surface area contributed by atoms with E-state index in [0.29, 0.717) is 5.75 Å². The summed E-state index contributed by atoms with van der Waals surface area (Å²) >= 11 is 1.52. The fraction of sp³-hybridized carbons (Fsp3) is 0.333. The number of amides is 1. The second-order valence-electron chi connectivity index (χ2n) is 6.20. The van der Waals surface area contributed by atoms with Gasteiger partial charge in [0.1, 0.15) is 11.4 Å². The molecule has 1 aliphatic rings. The quantitative estimate of drug-likeness (QED) is 0.872. The number of carbonyl (C=O) groups excluding carboxylic acids is 1. The van der Waals surface area contributed by atoms with E-state index < -0.39 is 0 Å². The van der Waals surface area contributed by atoms with Crippen LogP contribution in [-0.2, 0) is 4.79 Å². The molecule has 0 saturated heterocycles. The summed E-state index contributed by atoms with van der Waals surface area (Å²) in [6.45, 7) is 4.10. The first-order chi connectivity index (χ1) is 11.0. The maximum Gasteiger partial charge on any atom is 0.230 e. The molecule has 2 heterocycles. The molecule has 3 rings (SSSR count). The first kappa shape index (κ1) is 15.9. The van der Waals surface area contributed by atoms with Crippen LogP contribution in [0, 0.1) is 0 Å². The number of rotatable bonds is 4. The van der Waals surface area contributed by atoms with E-state index >= 15 is 0 Å². The van der Waals surface area contributed by atoms with Crippen molar-refractivity contribution in [1.29, 1.82) is 0 Å². The average Bonchev–Trinajstić information content (AvgIpc) is 2.53. The van der Waals surface area contributed by atoms with Gasteiger partial charge in [0.2, 0.25) is 5.91 Å². The fourth-order valence-corrected chi connectivity index (χ4v) is 3.45. The topological polar surface area (TPSA) is 51.2 Å². The minimum atomic E-state index is -0.287. The molecule has 0 saturated carbocycles. The zero-order valence-corrected chi connectivity index (χ0v) is 14.1. The number of hydrogen-bond acceptors (Lipinski definition) is 4. The highest BCUT2D eigenvalue weighted by Crippen LogP contribution is 2.39. The van der Waals surface area contributed by atoms with Crippen molar-refractivity contribution in [3.8, 4) is 5.75 Å². The van der Waals surface area contributed by atoms with Crippen LogP contribution in [0.3, 0.4) is 0 Å². The fourth-order valence-electron chi connectivity index (χ4n) is 2.75. The van der Waals surface area contributed by atoms with Gasteiger partial charge < -0.3 is 10.1 Å². The van der Waals surface area contributed by atoms with Crippen molar-refractivity contribution in [2.24, 2.45) is 0 Å². The van der Waals surface area contributed by atoms with Crippen molar-refractivity contribution < 1.29 is 9.53 Å². The van der Waals surface area contributed by atoms with Crippen LogP contribution in [0.15, 0.2) is 53.7 Å². The summed E-state index contributed by atoms with van der Waals surface area (Å²) in [4.78, 5) is 17.3. The van der Waals surface area contributed by atoms with Gasteiger partial charge in [0.05, 0.1) is 11.8 Å². The monoisotopic (exact) mass is 328 g/mol. The SMILES string of the molecule is CC1(C)C[C@H](NC(=O)CSc2ccncc2)c2ccccc2O1. The summed E-state index contributed by atoms with van der Waals surface area (Å²) < 4.78 is 6.00. The Hall–Kier alpha value is -2.01. The molecule has 2 aromatic rings. The molecular formula is C18H20N2O2S. The largest absolute Gasteiger partial charge is 0.487 e. The minimum absolute atomic E-state index is 0.0134. The normalized spacial score (nSPS) is 18.6. The highest BCUT2D eigenvalue weighted by molar-refractivity contribution is 8.00. The Balaban J connectivity index is 1.66. The van der Waals surface area contributed by atoms with Crippen LogP contribution in [0.25, 0.3) is 0 Å². The van der Waals surface area contributed by atoms with Crippen LogP contribution < -0.4 is 10.1 Å². The van der Waals surface area contributed by atoms with Gasteiger partial charge in [0.25, 0.3) is 0 Å². The molecule has 1 N–H and O–H groups in total. The molecule has 1 atom stereocenters. The van der Waals surface area contributed by atoms with Crippen LogP contribution in [-0.4, -0.2) is 22.2 Å². The lowest BCUT2D eigenvalue weighted by Crippen LogP contribution is -2.41. The number of aromatic nitrogens is 1. The number of hydrogen-bond donors (Lipinski definition) is 1. The maximum absolute atomic E-state index is 12.3. The summed E-state index contributed by atoms with van der Waals surface area (Å²) in [5.41, 5.74) is 0.763. The smallest absolute Gasteiger partial charge is 0.230 e. The number of pyridine rings is 1. The standard InChI is InChI=1S/C18H20N2O2S/c1-18(2)11-15(14-5-3-4-6-16(14)22-18)20-17(21)12-23-13-7-9-19-10-8-13/h3-10,15H,11-12H2,1-2H3,(H,20,21)/t15-/m0/s1. The van der Waals surface area contributed by atoms with Crippen molar-refractivity contribution in [1.82, 2.24) is 10.3 Å². The molecule has 4 nitrogen and oxygen atoms in total. The van der Waals surface area contributed by atoms with Crippen LogP contribution in [0.2, 0.25) is 0 Å². The Morgan fingerprint density at radius 3 is 2.83 bits per heavy atom. The van der Waals surface area contributed by atoms with Gasteiger partial charge in [-0.1, -0.05) is 18.2 Å². The molecule has 1 aromatic carbocycles. The van der Waals surface area contributed by atoms with E-state index in [1.807, 2.05) is 50.2 Å². The van der Waals surface area contributed by atoms with E-state index in [-0.39, 0.29) is 17.6 Å². The van der Waals surface area contributed by atoms with Gasteiger partial charge >= 0.3 is 0 Å². The van der Waals surface area contributed by atoms with Crippen LogP contribution in [0.4, 0.5) is 0 Å². The molecule has 5 heteroatoms. The molecular weight excluding hydrogens is 308 g/mol. The van der Waals surface area contributed by atoms with Crippen LogP contribution in [0.1, 0.15) is 31.9 Å². The number of carbonyl (C=O) groups is 1. The Kier molecular flexibility index (Phi) is 4.57. The number of para-hydroxylation sites is 1. The second kappa shape index (κ2) is 6.62. The zero-order valence-electron chi connectivity index (χ0n) is 13.3. The predicted octanol–water partition coefficient (Wildman–Crippen LogP) is 3.59. The number of thioether (sulfide) groups is 1. The average molecular weight is 328 g/mol. The van der Waals surface area contributed by atoms with Crippen molar-refractivity contribution >= 4 is 17.7 Å². The Morgan fingerprint density at radius 1 is 1.30 bits per heavy atom. The number of benzene rings is 1. The van der Waals surface area contributed by atoms with E-state index in [1.54, 1.807) is 12.4 Å². The highest BCUT2D eigenvalue weighted by atomic mass is 32.2. The Labute approximate surface area is 140 Å². The molecule has 1 aromatic heterocycles. The molecule has 1 aliphatic heterocycles. The van der Waals surface area contributed by atoms with Gasteiger partial charge in [0.15, 0.2) is 0 Å². The van der Waals surface area contributed by atoms with E-state index in [9.17, 15) is 4.79 Å². The Morgan fingerprint density at radius 2 is 2.04 bits per heavy atom. The molecule has 0 spiro atoms. The third kappa shape index (κ3) is 4.05. The van der Waals surface area contributed by atoms with Gasteiger partial charge in [-0.05, 0) is 32.0 Å². The lowest BCUT2D eigenvalue weighted by Gasteiger charge is -2.37. The number of ether oxygens (including phenoxy) is 1. The predicted molar refractivity (Wildman–Crippen MR) is 91.6 cm³/mol. The second-order valence-corrected chi connectivity index (χ2v) is 7.24. The first-order valence-corrected chi connectivity index (χ1v) is 8.62. The van der Waals surface area contributed by atoms with Gasteiger partial charge in [-0.3, -0.25) is 9.78 Å². The lowest BCUT2D eigenvalue weighted by molar-refractivity contribution is -0.119. The minimum Gasteiger partial charge on any atom is -0.487 e. The number of nitrogens with one attached hydrogen (secondary N) is 1. The molecule has 0 unspecified atom stereocenters. The van der Waals surface area contributed by atoms with Gasteiger partial charge in [-0.2, -0.15) is 0 Å². The summed E-state index contributed by atoms with van der Waals surface area (Å²) in [7, 11) is 0. The molecule has 1 amide bonds. The summed E-state index contributed by atoms with van der Waals surface area (Å²) in [5, 5.41) is 3.15. The van der Waals surface area contributed by atoms with Gasteiger partial charge in [0, 0.05) is 29.3 Å². The van der Waals surface area contributed by atoms with Crippen molar-refractivity contribution in [2.75, 3.05) is 5.75 Å². The van der Waals surface area contributed by atoms with Crippen LogP contribution >= 0.6 is 11.8 Å². The summed E-state index contributed by atoms with van der Waals surface area (Å²) in [6, 6.07) is 11.7. The van der Waals surface area contributed by atoms with Crippen LogP contribution in [0.5, 0.6) is 5.75 Å². The zero-order chi connectivity index (χ0) is 16.3. The van der Waals surface area contributed by atoms with Crippen molar-refractivity contribution in [2.45, 2.75) is 36.8 Å². The van der Waals surface area contributed by atoms with E-state index in [0.717, 1.165) is 22.6 Å². The summed E-state index contributed by atoms with van der Waals surface area (Å²) in [6.07, 6.45) is 4.23. The van der Waals surface area contributed by atoms with Gasteiger partial charge in [-0.15, -0.1) is 11.8 Å². The summed E-state index contributed by atoms with van der Waals surface area (Å²) in [5.74, 6) is 1.28. The maximum atomic E-state index is 12.3. The molecule has 0 bridgehead atoms. The molecule has 23 heavy (non-hydrogen) atoms. The van der Waals surface area contributed by atoms with E-state index in [4.69, 9.17) is 4.74 Å². The molecule has 0 fully saturated rings. The first-order valence-electron chi connectivity index (χ1n) is 7.64. The van der Waals surface area contributed by atoms with E-state index in [1.165, 1.54) is 11.8 Å². The lowest BCUT2D eigenvalue weighted by atomic mass is 9.90. The third-order valence-corrected chi connectivity index (χ3v) is 4.74. The number of fused-ring (bicyclic) bond motifs is 1. The van der Waals surface area contributed by atoms with Gasteiger partial charge in [-0.25, -0.2) is 0 Å².